The summed E-state index contributed by atoms with van der Waals surface area (Å²) < 4.78 is 5.91. The number of aromatic hydroxyl groups is 1. The zero-order chi connectivity index (χ0) is 39.2. The van der Waals surface area contributed by atoms with Gasteiger partial charge in [0, 0.05) is 104 Å². The number of nitrogens with zero attached hydrogens (tertiary/aromatic N) is 6. The van der Waals surface area contributed by atoms with Gasteiger partial charge in [-0.1, -0.05) is 38.0 Å². The Morgan fingerprint density at radius 1 is 0.945 bits per heavy atom. The Hall–Kier alpha value is -4.95. The predicted molar refractivity (Wildman–Crippen MR) is 216 cm³/mol. The molecule has 0 spiro atoms. The van der Waals surface area contributed by atoms with Crippen LogP contribution in [0.25, 0.3) is 0 Å². The lowest BCUT2D eigenvalue weighted by molar-refractivity contribution is -0.130. The van der Waals surface area contributed by atoms with Crippen LogP contribution in [0.1, 0.15) is 80.7 Å². The van der Waals surface area contributed by atoms with Gasteiger partial charge in [0.2, 0.25) is 17.8 Å². The Bertz CT molecular complexity index is 1750. The average Bonchev–Trinajstić information content (AvgIpc) is 3.58. The van der Waals surface area contributed by atoms with Gasteiger partial charge in [-0.25, -0.2) is 4.98 Å². The summed E-state index contributed by atoms with van der Waals surface area (Å²) in [5.74, 6) is 1.78. The number of anilines is 4. The normalized spacial score (nSPS) is 14.4. The van der Waals surface area contributed by atoms with Crippen molar-refractivity contribution >= 4 is 41.2 Å². The first-order chi connectivity index (χ1) is 26.7. The number of rotatable bonds is 21. The third-order valence-corrected chi connectivity index (χ3v) is 10.4. The average molecular weight is 758 g/mol. The first kappa shape index (κ1) is 41.2. The van der Waals surface area contributed by atoms with Gasteiger partial charge >= 0.3 is 0 Å². The maximum atomic E-state index is 12.6. The molecule has 1 saturated heterocycles. The smallest absolute Gasteiger partial charge is 0.224 e. The first-order valence-electron chi connectivity index (χ1n) is 19.7. The van der Waals surface area contributed by atoms with E-state index >= 15 is 0 Å². The van der Waals surface area contributed by atoms with E-state index in [0.717, 1.165) is 112 Å². The van der Waals surface area contributed by atoms with Gasteiger partial charge in [-0.2, -0.15) is 4.98 Å². The highest BCUT2D eigenvalue weighted by atomic mass is 16.5. The zero-order valence-corrected chi connectivity index (χ0v) is 32.8. The molecule has 2 amide bonds. The van der Waals surface area contributed by atoms with Gasteiger partial charge in [-0.15, -0.1) is 0 Å². The van der Waals surface area contributed by atoms with Crippen molar-refractivity contribution in [1.29, 1.82) is 0 Å². The van der Waals surface area contributed by atoms with Crippen molar-refractivity contribution in [2.24, 2.45) is 0 Å². The minimum Gasteiger partial charge on any atom is -0.506 e. The number of piperazine rings is 1. The molecular weight excluding hydrogens is 699 g/mol. The molecule has 5 N–H and O–H groups in total. The van der Waals surface area contributed by atoms with E-state index in [2.05, 4.69) is 60.4 Å². The molecule has 0 unspecified atom stereocenters. The Labute approximate surface area is 325 Å². The quantitative estimate of drug-likeness (QED) is 0.0667. The van der Waals surface area contributed by atoms with Gasteiger partial charge < -0.3 is 40.8 Å². The molecule has 0 atom stereocenters. The molecule has 14 nitrogen and oxygen atoms in total. The topological polar surface area (TPSA) is 169 Å². The highest BCUT2D eigenvalue weighted by molar-refractivity contribution is 5.92. The molecule has 1 fully saturated rings. The van der Waals surface area contributed by atoms with E-state index in [1.807, 2.05) is 12.1 Å². The Kier molecular flexibility index (Phi) is 15.5. The number of aromatic nitrogens is 2. The molecule has 2 aliphatic rings. The number of hydrogen-bond donors (Lipinski definition) is 4. The molecule has 0 bridgehead atoms. The number of benzene rings is 2. The number of carbonyl (C=O) groups excluding carboxylic acids is 3. The van der Waals surface area contributed by atoms with Gasteiger partial charge in [0.25, 0.3) is 0 Å². The number of nitrogens with one attached hydrogen (secondary N) is 2. The van der Waals surface area contributed by atoms with E-state index in [-0.39, 0.29) is 36.8 Å². The van der Waals surface area contributed by atoms with Crippen LogP contribution >= 0.6 is 0 Å². The van der Waals surface area contributed by atoms with Crippen molar-refractivity contribution in [3.05, 3.63) is 58.8 Å². The Balaban J connectivity index is 1.08. The number of ether oxygens (including phenoxy) is 1. The van der Waals surface area contributed by atoms with E-state index in [9.17, 15) is 19.5 Å². The van der Waals surface area contributed by atoms with Crippen LogP contribution in [0.15, 0.2) is 36.4 Å². The Morgan fingerprint density at radius 3 is 2.38 bits per heavy atom. The molecule has 2 aromatic carbocycles. The summed E-state index contributed by atoms with van der Waals surface area (Å²) in [6, 6.07) is 11.9. The first-order valence-corrected chi connectivity index (χ1v) is 19.7. The summed E-state index contributed by atoms with van der Waals surface area (Å²) in [5, 5.41) is 16.8. The van der Waals surface area contributed by atoms with Crippen LogP contribution in [0.2, 0.25) is 0 Å². The molecule has 3 aromatic rings. The molecule has 298 valence electrons. The molecular formula is C41H59N9O5. The SMILES string of the molecule is CCCCCNc1nc(N)nc2c1N(Cc1ccc(CN3CCN(Cc4ccc(O)c(NC(=O)CCCCN(C)C(=O)CCC=O)c4)CC3)cc1OC)CC2. The summed E-state index contributed by atoms with van der Waals surface area (Å²) in [7, 11) is 3.44. The molecule has 0 radical (unpaired) electrons. The van der Waals surface area contributed by atoms with Crippen LogP contribution in [-0.4, -0.2) is 108 Å². The summed E-state index contributed by atoms with van der Waals surface area (Å²) >= 11 is 0. The lowest BCUT2D eigenvalue weighted by Gasteiger charge is -2.35. The predicted octanol–water partition coefficient (Wildman–Crippen LogP) is 4.80. The van der Waals surface area contributed by atoms with E-state index in [0.29, 0.717) is 37.6 Å². The second-order valence-electron chi connectivity index (χ2n) is 14.6. The monoisotopic (exact) mass is 757 g/mol. The van der Waals surface area contributed by atoms with Crippen molar-refractivity contribution in [1.82, 2.24) is 24.7 Å². The van der Waals surface area contributed by atoms with Crippen molar-refractivity contribution in [3.63, 3.8) is 0 Å². The van der Waals surface area contributed by atoms with E-state index < -0.39 is 0 Å². The van der Waals surface area contributed by atoms with Gasteiger partial charge in [0.15, 0.2) is 5.82 Å². The largest absolute Gasteiger partial charge is 0.506 e. The molecule has 1 aromatic heterocycles. The zero-order valence-electron chi connectivity index (χ0n) is 32.8. The molecule has 0 aliphatic carbocycles. The molecule has 3 heterocycles. The fourth-order valence-corrected chi connectivity index (χ4v) is 7.22. The van der Waals surface area contributed by atoms with E-state index in [1.165, 1.54) is 12.0 Å². The third-order valence-electron chi connectivity index (χ3n) is 10.4. The number of hydrogen-bond acceptors (Lipinski definition) is 12. The van der Waals surface area contributed by atoms with Crippen LogP contribution in [0.5, 0.6) is 11.5 Å². The lowest BCUT2D eigenvalue weighted by atomic mass is 10.1. The van der Waals surface area contributed by atoms with Crippen molar-refractivity contribution < 1.29 is 24.2 Å². The maximum Gasteiger partial charge on any atom is 0.224 e. The van der Waals surface area contributed by atoms with E-state index in [4.69, 9.17) is 10.5 Å². The number of fused-ring (bicyclic) bond motifs is 1. The number of amides is 2. The Morgan fingerprint density at radius 2 is 1.67 bits per heavy atom. The highest BCUT2D eigenvalue weighted by Gasteiger charge is 2.27. The summed E-state index contributed by atoms with van der Waals surface area (Å²) in [6.45, 7) is 10.3. The van der Waals surface area contributed by atoms with E-state index in [1.54, 1.807) is 25.1 Å². The molecule has 0 saturated carbocycles. The van der Waals surface area contributed by atoms with Crippen LogP contribution in [0.4, 0.5) is 23.1 Å². The molecule has 5 rings (SSSR count). The fourth-order valence-electron chi connectivity index (χ4n) is 7.22. The van der Waals surface area contributed by atoms with Crippen molar-refractivity contribution in [2.45, 2.75) is 84.3 Å². The van der Waals surface area contributed by atoms with Gasteiger partial charge in [0.1, 0.15) is 23.5 Å². The summed E-state index contributed by atoms with van der Waals surface area (Å²) in [4.78, 5) is 53.0. The van der Waals surface area contributed by atoms with Gasteiger partial charge in [-0.05, 0) is 48.6 Å². The summed E-state index contributed by atoms with van der Waals surface area (Å²) in [5.41, 5.74) is 11.8. The third kappa shape index (κ3) is 12.0. The number of aldehydes is 1. The summed E-state index contributed by atoms with van der Waals surface area (Å²) in [6.07, 6.45) is 6.98. The van der Waals surface area contributed by atoms with Crippen LogP contribution in [0, 0.1) is 0 Å². The number of phenolic OH excluding ortho intramolecular Hbond substituents is 1. The second-order valence-corrected chi connectivity index (χ2v) is 14.6. The number of phenols is 1. The molecule has 55 heavy (non-hydrogen) atoms. The number of methoxy groups -OCH3 is 1. The number of nitrogen functional groups attached to an aromatic ring is 1. The van der Waals surface area contributed by atoms with Gasteiger partial charge in [-0.3, -0.25) is 19.4 Å². The van der Waals surface area contributed by atoms with Crippen LogP contribution in [0.3, 0.4) is 0 Å². The second kappa shape index (κ2) is 20.7. The minimum absolute atomic E-state index is 0.0351. The van der Waals surface area contributed by atoms with Gasteiger partial charge in [0.05, 0.1) is 18.5 Å². The maximum absolute atomic E-state index is 12.6. The van der Waals surface area contributed by atoms with Crippen molar-refractivity contribution in [3.8, 4) is 11.5 Å². The fraction of sp³-hybridized carbons (Fsp3) is 0.537. The highest BCUT2D eigenvalue weighted by Crippen LogP contribution is 2.36. The minimum atomic E-state index is -0.179. The van der Waals surface area contributed by atoms with Crippen LogP contribution < -0.4 is 26.0 Å². The number of nitrogens with two attached hydrogens (primary N) is 1. The molecule has 14 heteroatoms. The standard InChI is InChI=1S/C41H59N9O5/c1-4-5-7-17-43-40-39-33(45-41(42)46-40)16-19-50(39)29-32-14-12-31(26-36(32)55-3)28-49-22-20-48(21-23-49)27-30-13-15-35(52)34(25-30)44-37(53)10-6-8-18-47(2)38(54)11-9-24-51/h12-15,24-26,52H,4-11,16-23,27-29H2,1-3H3,(H,44,53)(H3,42,43,45,46). The molecule has 2 aliphatic heterocycles. The van der Waals surface area contributed by atoms with Crippen LogP contribution in [-0.2, 0) is 40.4 Å². The van der Waals surface area contributed by atoms with Crippen molar-refractivity contribution in [2.75, 3.05) is 81.2 Å². The number of carbonyl (C=O) groups is 3. The number of unbranched alkanes of at least 4 members (excludes halogenated alkanes) is 3. The lowest BCUT2D eigenvalue weighted by Crippen LogP contribution is -2.45.